The van der Waals surface area contributed by atoms with E-state index in [1.165, 1.54) is 22.3 Å². The van der Waals surface area contributed by atoms with Gasteiger partial charge in [0.25, 0.3) is 0 Å². The lowest BCUT2D eigenvalue weighted by Gasteiger charge is -2.22. The zero-order valence-corrected chi connectivity index (χ0v) is 13.8. The number of likely N-dealkylation sites (N-methyl/N-ethyl adjacent to an activating group) is 1. The highest BCUT2D eigenvalue weighted by Crippen LogP contribution is 2.32. The number of methoxy groups -OCH3 is 1. The quantitative estimate of drug-likeness (QED) is 0.880. The molecule has 0 heterocycles. The zero-order chi connectivity index (χ0) is 15.4. The summed E-state index contributed by atoms with van der Waals surface area (Å²) in [6.07, 6.45) is 0.895. The van der Waals surface area contributed by atoms with Crippen LogP contribution >= 0.6 is 11.6 Å². The highest BCUT2D eigenvalue weighted by atomic mass is 35.5. The zero-order valence-electron chi connectivity index (χ0n) is 13.0. The summed E-state index contributed by atoms with van der Waals surface area (Å²) in [5, 5.41) is 4.16. The molecule has 0 aromatic heterocycles. The van der Waals surface area contributed by atoms with E-state index in [0.717, 1.165) is 17.2 Å². The first-order valence-electron chi connectivity index (χ1n) is 7.12. The molecule has 2 aromatic rings. The number of benzene rings is 2. The van der Waals surface area contributed by atoms with Crippen molar-refractivity contribution in [1.29, 1.82) is 0 Å². The molecule has 0 bridgehead atoms. The Morgan fingerprint density at radius 2 is 1.76 bits per heavy atom. The van der Waals surface area contributed by atoms with E-state index in [9.17, 15) is 0 Å². The molecular weight excluding hydrogens is 282 g/mol. The number of aryl methyl sites for hydroxylation is 1. The summed E-state index contributed by atoms with van der Waals surface area (Å²) in [4.78, 5) is 0. The molecule has 1 N–H and O–H groups in total. The van der Waals surface area contributed by atoms with Crippen LogP contribution in [0.1, 0.15) is 28.3 Å². The molecule has 3 heteroatoms. The maximum absolute atomic E-state index is 5.95. The lowest BCUT2D eigenvalue weighted by atomic mass is 9.94. The predicted octanol–water partition coefficient (Wildman–Crippen LogP) is 4.47. The van der Waals surface area contributed by atoms with Crippen molar-refractivity contribution in [2.75, 3.05) is 14.2 Å². The lowest BCUT2D eigenvalue weighted by molar-refractivity contribution is 0.397. The Bertz CT molecular complexity index is 607. The molecule has 1 atom stereocenters. The van der Waals surface area contributed by atoms with Gasteiger partial charge >= 0.3 is 0 Å². The van der Waals surface area contributed by atoms with Crippen molar-refractivity contribution < 1.29 is 4.74 Å². The first-order valence-corrected chi connectivity index (χ1v) is 7.50. The Morgan fingerprint density at radius 3 is 2.33 bits per heavy atom. The second-order valence-corrected chi connectivity index (χ2v) is 5.74. The molecule has 21 heavy (non-hydrogen) atoms. The Hall–Kier alpha value is -1.51. The number of halogens is 1. The largest absolute Gasteiger partial charge is 0.496 e. The van der Waals surface area contributed by atoms with E-state index in [1.54, 1.807) is 7.11 Å². The van der Waals surface area contributed by atoms with Gasteiger partial charge in [0.2, 0.25) is 0 Å². The summed E-state index contributed by atoms with van der Waals surface area (Å²) in [5.74, 6) is 0.975. The van der Waals surface area contributed by atoms with E-state index >= 15 is 0 Å². The minimum atomic E-state index is 0.209. The fourth-order valence-corrected chi connectivity index (χ4v) is 2.71. The molecule has 0 amide bonds. The second kappa shape index (κ2) is 6.97. The number of hydrogen-bond donors (Lipinski definition) is 1. The van der Waals surface area contributed by atoms with E-state index in [-0.39, 0.29) is 6.04 Å². The van der Waals surface area contributed by atoms with E-state index in [1.807, 2.05) is 19.2 Å². The minimum absolute atomic E-state index is 0.209. The van der Waals surface area contributed by atoms with Gasteiger partial charge in [-0.1, -0.05) is 35.9 Å². The fourth-order valence-electron chi connectivity index (χ4n) is 2.58. The van der Waals surface area contributed by atoms with Gasteiger partial charge < -0.3 is 10.1 Å². The highest BCUT2D eigenvalue weighted by Gasteiger charge is 2.17. The molecule has 0 radical (unpaired) electrons. The van der Waals surface area contributed by atoms with Crippen molar-refractivity contribution in [2.45, 2.75) is 26.3 Å². The lowest BCUT2D eigenvalue weighted by Crippen LogP contribution is -2.20. The van der Waals surface area contributed by atoms with Gasteiger partial charge in [0.05, 0.1) is 7.11 Å². The van der Waals surface area contributed by atoms with Gasteiger partial charge in [0, 0.05) is 16.6 Å². The van der Waals surface area contributed by atoms with Crippen molar-refractivity contribution in [3.05, 3.63) is 63.7 Å². The van der Waals surface area contributed by atoms with Crippen LogP contribution in [0.3, 0.4) is 0 Å². The molecule has 0 fully saturated rings. The SMILES string of the molecule is CNC(Cc1ccc(Cl)cc1)c1ccc(C)c(C)c1OC. The van der Waals surface area contributed by atoms with Crippen molar-refractivity contribution >= 4 is 11.6 Å². The van der Waals surface area contributed by atoms with Gasteiger partial charge in [-0.15, -0.1) is 0 Å². The van der Waals surface area contributed by atoms with Crippen LogP contribution in [0, 0.1) is 13.8 Å². The third-order valence-electron chi connectivity index (χ3n) is 3.99. The summed E-state index contributed by atoms with van der Waals surface area (Å²) in [6.45, 7) is 4.21. The minimum Gasteiger partial charge on any atom is -0.496 e. The molecule has 0 spiro atoms. The van der Waals surface area contributed by atoms with Crippen molar-refractivity contribution in [3.63, 3.8) is 0 Å². The van der Waals surface area contributed by atoms with E-state index < -0.39 is 0 Å². The van der Waals surface area contributed by atoms with Crippen LogP contribution in [0.5, 0.6) is 5.75 Å². The van der Waals surface area contributed by atoms with Crippen LogP contribution in [0.4, 0.5) is 0 Å². The molecule has 0 aliphatic rings. The third-order valence-corrected chi connectivity index (χ3v) is 4.24. The van der Waals surface area contributed by atoms with Crippen LogP contribution in [-0.2, 0) is 6.42 Å². The molecule has 2 nitrogen and oxygen atoms in total. The van der Waals surface area contributed by atoms with E-state index in [4.69, 9.17) is 16.3 Å². The molecular formula is C18H22ClNO. The molecule has 1 unspecified atom stereocenters. The van der Waals surface area contributed by atoms with Gasteiger partial charge in [-0.05, 0) is 56.1 Å². The highest BCUT2D eigenvalue weighted by molar-refractivity contribution is 6.30. The average Bonchev–Trinajstić information content (AvgIpc) is 2.49. The van der Waals surface area contributed by atoms with Crippen LogP contribution in [0.25, 0.3) is 0 Å². The van der Waals surface area contributed by atoms with Crippen molar-refractivity contribution in [2.24, 2.45) is 0 Å². The standard InChI is InChI=1S/C18H22ClNO/c1-12-5-10-16(18(21-4)13(12)2)17(20-3)11-14-6-8-15(19)9-7-14/h5-10,17,20H,11H2,1-4H3. The third kappa shape index (κ3) is 3.58. The Labute approximate surface area is 132 Å². The topological polar surface area (TPSA) is 21.3 Å². The molecule has 0 saturated heterocycles. The summed E-state index contributed by atoms with van der Waals surface area (Å²) in [5.41, 5.74) is 4.89. The smallest absolute Gasteiger partial charge is 0.126 e. The fraction of sp³-hybridized carbons (Fsp3) is 0.333. The Balaban J connectivity index is 2.33. The van der Waals surface area contributed by atoms with Crippen LogP contribution in [-0.4, -0.2) is 14.2 Å². The van der Waals surface area contributed by atoms with Gasteiger partial charge in [-0.2, -0.15) is 0 Å². The normalized spacial score (nSPS) is 12.2. The molecule has 0 aliphatic heterocycles. The van der Waals surface area contributed by atoms with Crippen molar-refractivity contribution in [3.8, 4) is 5.75 Å². The molecule has 112 valence electrons. The first kappa shape index (κ1) is 15.9. The van der Waals surface area contributed by atoms with Gasteiger partial charge in [0.15, 0.2) is 0 Å². The number of hydrogen-bond acceptors (Lipinski definition) is 2. The Kier molecular flexibility index (Phi) is 5.27. The summed E-state index contributed by atoms with van der Waals surface area (Å²) in [6, 6.07) is 12.5. The summed E-state index contributed by atoms with van der Waals surface area (Å²) >= 11 is 5.95. The molecule has 2 aromatic carbocycles. The van der Waals surface area contributed by atoms with Crippen LogP contribution < -0.4 is 10.1 Å². The van der Waals surface area contributed by atoms with Gasteiger partial charge in [-0.25, -0.2) is 0 Å². The molecule has 0 aliphatic carbocycles. The first-order chi connectivity index (χ1) is 10.1. The monoisotopic (exact) mass is 303 g/mol. The predicted molar refractivity (Wildman–Crippen MR) is 89.4 cm³/mol. The maximum atomic E-state index is 5.95. The second-order valence-electron chi connectivity index (χ2n) is 5.30. The number of ether oxygens (including phenoxy) is 1. The van der Waals surface area contributed by atoms with Crippen LogP contribution in [0.2, 0.25) is 5.02 Å². The average molecular weight is 304 g/mol. The summed E-state index contributed by atoms with van der Waals surface area (Å²) < 4.78 is 5.64. The Morgan fingerprint density at radius 1 is 1.10 bits per heavy atom. The maximum Gasteiger partial charge on any atom is 0.126 e. The van der Waals surface area contributed by atoms with Gasteiger partial charge in [0.1, 0.15) is 5.75 Å². The number of rotatable bonds is 5. The van der Waals surface area contributed by atoms with Crippen LogP contribution in [0.15, 0.2) is 36.4 Å². The van der Waals surface area contributed by atoms with Crippen molar-refractivity contribution in [1.82, 2.24) is 5.32 Å². The number of nitrogens with one attached hydrogen (secondary N) is 1. The molecule has 2 rings (SSSR count). The summed E-state index contributed by atoms with van der Waals surface area (Å²) in [7, 11) is 3.72. The molecule has 0 saturated carbocycles. The van der Waals surface area contributed by atoms with Gasteiger partial charge in [-0.3, -0.25) is 0 Å². The van der Waals surface area contributed by atoms with E-state index in [2.05, 4.69) is 43.4 Å². The van der Waals surface area contributed by atoms with E-state index in [0.29, 0.717) is 0 Å².